The molecule has 3 heterocycles. The molecule has 0 unspecified atom stereocenters. The van der Waals surface area contributed by atoms with E-state index in [2.05, 4.69) is 9.97 Å². The molecule has 6 nitrogen and oxygen atoms in total. The number of hydrogen-bond acceptors (Lipinski definition) is 4. The molecule has 3 rings (SSSR count). The number of aliphatic hydroxyl groups is 1. The maximum Gasteiger partial charge on any atom is 0.264 e. The number of H-pyrrole nitrogens is 1. The molecule has 1 saturated heterocycles. The standard InChI is InChI=1S/C12H13ClFN3O3/c1-12(5-18)3-2-7(20-12)17-4-6(14)8-9(17)15-11(13)16-10(8)19/h4,7,18H,2-3,5H2,1H3,(H,15,16,19)/t7-,12-/m0/s1. The fourth-order valence-electron chi connectivity index (χ4n) is 2.49. The predicted molar refractivity (Wildman–Crippen MR) is 70.2 cm³/mol. The molecule has 0 spiro atoms. The van der Waals surface area contributed by atoms with Crippen molar-refractivity contribution in [1.29, 1.82) is 0 Å². The number of halogens is 2. The summed E-state index contributed by atoms with van der Waals surface area (Å²) in [6.45, 7) is 1.65. The Kier molecular flexibility index (Phi) is 3.07. The third kappa shape index (κ3) is 2.02. The van der Waals surface area contributed by atoms with Gasteiger partial charge in [-0.2, -0.15) is 0 Å². The minimum absolute atomic E-state index is 0.107. The van der Waals surface area contributed by atoms with Gasteiger partial charge in [-0.05, 0) is 31.4 Å². The summed E-state index contributed by atoms with van der Waals surface area (Å²) >= 11 is 5.71. The lowest BCUT2D eigenvalue weighted by molar-refractivity contribution is -0.0853. The number of aliphatic hydroxyl groups excluding tert-OH is 1. The van der Waals surface area contributed by atoms with Crippen molar-refractivity contribution in [2.75, 3.05) is 6.61 Å². The van der Waals surface area contributed by atoms with Crippen molar-refractivity contribution in [2.24, 2.45) is 0 Å². The molecule has 1 aliphatic heterocycles. The van der Waals surface area contributed by atoms with Crippen LogP contribution in [0, 0.1) is 5.82 Å². The molecule has 2 aromatic heterocycles. The van der Waals surface area contributed by atoms with Gasteiger partial charge in [-0.1, -0.05) is 0 Å². The maximum atomic E-state index is 13.9. The minimum Gasteiger partial charge on any atom is -0.393 e. The van der Waals surface area contributed by atoms with Crippen LogP contribution in [0.1, 0.15) is 26.0 Å². The zero-order valence-electron chi connectivity index (χ0n) is 10.7. The van der Waals surface area contributed by atoms with Crippen LogP contribution in [-0.4, -0.2) is 31.8 Å². The smallest absolute Gasteiger partial charge is 0.264 e. The molecule has 0 aliphatic carbocycles. The van der Waals surface area contributed by atoms with E-state index in [0.717, 1.165) is 0 Å². The van der Waals surface area contributed by atoms with Crippen LogP contribution in [0.2, 0.25) is 5.28 Å². The third-order valence-corrected chi connectivity index (χ3v) is 3.77. The minimum atomic E-state index is -0.674. The predicted octanol–water partition coefficient (Wildman–Crippen LogP) is 1.58. The highest BCUT2D eigenvalue weighted by molar-refractivity contribution is 6.28. The lowest BCUT2D eigenvalue weighted by atomic mass is 10.0. The zero-order valence-corrected chi connectivity index (χ0v) is 11.4. The molecule has 8 heteroatoms. The van der Waals surface area contributed by atoms with Gasteiger partial charge < -0.3 is 14.4 Å². The van der Waals surface area contributed by atoms with E-state index in [-0.39, 0.29) is 22.9 Å². The van der Waals surface area contributed by atoms with E-state index in [4.69, 9.17) is 16.3 Å². The van der Waals surface area contributed by atoms with Crippen molar-refractivity contribution < 1.29 is 14.2 Å². The van der Waals surface area contributed by atoms with Gasteiger partial charge in [0.05, 0.1) is 12.2 Å². The molecule has 2 N–H and O–H groups in total. The van der Waals surface area contributed by atoms with Crippen LogP contribution >= 0.6 is 11.6 Å². The van der Waals surface area contributed by atoms with Gasteiger partial charge in [0.1, 0.15) is 11.6 Å². The van der Waals surface area contributed by atoms with E-state index in [0.29, 0.717) is 12.8 Å². The highest BCUT2D eigenvalue weighted by Crippen LogP contribution is 2.37. The number of aromatic nitrogens is 3. The molecule has 20 heavy (non-hydrogen) atoms. The first kappa shape index (κ1) is 13.5. The monoisotopic (exact) mass is 301 g/mol. The molecular weight excluding hydrogens is 289 g/mol. The number of rotatable bonds is 2. The zero-order chi connectivity index (χ0) is 14.5. The van der Waals surface area contributed by atoms with E-state index in [9.17, 15) is 14.3 Å². The number of aromatic amines is 1. The summed E-state index contributed by atoms with van der Waals surface area (Å²) in [5, 5.41) is 9.05. The largest absolute Gasteiger partial charge is 0.393 e. The van der Waals surface area contributed by atoms with E-state index in [1.165, 1.54) is 10.8 Å². The second-order valence-corrected chi connectivity index (χ2v) is 5.52. The molecule has 0 amide bonds. The van der Waals surface area contributed by atoms with Gasteiger partial charge >= 0.3 is 0 Å². The first-order chi connectivity index (χ1) is 9.43. The number of nitrogens with one attached hydrogen (secondary N) is 1. The highest BCUT2D eigenvalue weighted by atomic mass is 35.5. The first-order valence-electron chi connectivity index (χ1n) is 6.18. The second kappa shape index (κ2) is 4.54. The summed E-state index contributed by atoms with van der Waals surface area (Å²) in [5.41, 5.74) is -1.15. The van der Waals surface area contributed by atoms with E-state index in [1.54, 1.807) is 6.92 Å². The number of fused-ring (bicyclic) bond motifs is 1. The molecule has 0 bridgehead atoms. The number of ether oxygens (including phenoxy) is 1. The lowest BCUT2D eigenvalue weighted by Gasteiger charge is -2.22. The molecule has 0 aromatic carbocycles. The van der Waals surface area contributed by atoms with E-state index >= 15 is 0 Å². The van der Waals surface area contributed by atoms with Gasteiger partial charge in [-0.15, -0.1) is 0 Å². The van der Waals surface area contributed by atoms with E-state index < -0.39 is 23.2 Å². The quantitative estimate of drug-likeness (QED) is 0.825. The maximum absolute atomic E-state index is 13.9. The summed E-state index contributed by atoms with van der Waals surface area (Å²) in [4.78, 5) is 17.9. The Balaban J connectivity index is 2.12. The summed E-state index contributed by atoms with van der Waals surface area (Å²) in [5.74, 6) is -0.674. The SMILES string of the molecule is C[C@@]1(CO)CC[C@@H](n2cc(F)c3c(=O)[nH]c(Cl)nc32)O1. The Morgan fingerprint density at radius 1 is 1.75 bits per heavy atom. The fraction of sp³-hybridized carbons (Fsp3) is 0.500. The summed E-state index contributed by atoms with van der Waals surface area (Å²) in [7, 11) is 0. The van der Waals surface area contributed by atoms with Crippen LogP contribution in [0.5, 0.6) is 0 Å². The topological polar surface area (TPSA) is 80.1 Å². The van der Waals surface area contributed by atoms with Crippen LogP contribution in [0.25, 0.3) is 11.0 Å². The van der Waals surface area contributed by atoms with Crippen LogP contribution in [-0.2, 0) is 4.74 Å². The van der Waals surface area contributed by atoms with Crippen molar-refractivity contribution in [1.82, 2.24) is 14.5 Å². The van der Waals surface area contributed by atoms with E-state index in [1.807, 2.05) is 0 Å². The molecule has 1 aliphatic rings. The van der Waals surface area contributed by atoms with Crippen molar-refractivity contribution in [3.05, 3.63) is 27.7 Å². The van der Waals surface area contributed by atoms with Gasteiger partial charge in [0.2, 0.25) is 5.28 Å². The Labute approximate surface area is 118 Å². The van der Waals surface area contributed by atoms with Crippen molar-refractivity contribution in [3.63, 3.8) is 0 Å². The average Bonchev–Trinajstić information content (AvgIpc) is 2.92. The molecule has 0 radical (unpaired) electrons. The van der Waals surface area contributed by atoms with Crippen LogP contribution in [0.3, 0.4) is 0 Å². The van der Waals surface area contributed by atoms with Crippen LogP contribution in [0.4, 0.5) is 4.39 Å². The lowest BCUT2D eigenvalue weighted by Crippen LogP contribution is -2.28. The van der Waals surface area contributed by atoms with Crippen molar-refractivity contribution >= 4 is 22.6 Å². The van der Waals surface area contributed by atoms with Crippen molar-refractivity contribution in [2.45, 2.75) is 31.6 Å². The Morgan fingerprint density at radius 2 is 2.50 bits per heavy atom. The number of nitrogens with zero attached hydrogens (tertiary/aromatic N) is 2. The molecule has 2 atom stereocenters. The van der Waals surface area contributed by atoms with Crippen molar-refractivity contribution in [3.8, 4) is 0 Å². The summed E-state index contributed by atoms with van der Waals surface area (Å²) in [6.07, 6.45) is 1.92. The molecule has 108 valence electrons. The molecule has 1 fully saturated rings. The van der Waals surface area contributed by atoms with Crippen LogP contribution in [0.15, 0.2) is 11.0 Å². The Hall–Kier alpha value is -1.44. The summed E-state index contributed by atoms with van der Waals surface area (Å²) in [6, 6.07) is 0. The van der Waals surface area contributed by atoms with Gasteiger partial charge in [0.25, 0.3) is 5.56 Å². The van der Waals surface area contributed by atoms with Gasteiger partial charge in [-0.3, -0.25) is 9.78 Å². The van der Waals surface area contributed by atoms with Gasteiger partial charge in [0.15, 0.2) is 11.5 Å². The number of hydrogen-bond donors (Lipinski definition) is 2. The Morgan fingerprint density at radius 3 is 3.15 bits per heavy atom. The molecule has 2 aromatic rings. The highest BCUT2D eigenvalue weighted by Gasteiger charge is 2.37. The second-order valence-electron chi connectivity index (χ2n) is 5.16. The Bertz CT molecular complexity index is 729. The fourth-order valence-corrected chi connectivity index (χ4v) is 2.66. The van der Waals surface area contributed by atoms with Crippen LogP contribution < -0.4 is 5.56 Å². The normalized spacial score (nSPS) is 26.5. The molecule has 0 saturated carbocycles. The average molecular weight is 302 g/mol. The summed E-state index contributed by atoms with van der Waals surface area (Å²) < 4.78 is 21.1. The molecular formula is C12H13ClFN3O3. The third-order valence-electron chi connectivity index (χ3n) is 3.59. The van der Waals surface area contributed by atoms with Gasteiger partial charge in [0, 0.05) is 6.20 Å². The first-order valence-corrected chi connectivity index (χ1v) is 6.56. The van der Waals surface area contributed by atoms with Gasteiger partial charge in [-0.25, -0.2) is 9.37 Å².